The van der Waals surface area contributed by atoms with Gasteiger partial charge in [-0.2, -0.15) is 0 Å². The van der Waals surface area contributed by atoms with Crippen LogP contribution in [0.4, 0.5) is 0 Å². The molecule has 0 atom stereocenters. The van der Waals surface area contributed by atoms with Crippen LogP contribution in [0.1, 0.15) is 0 Å². The van der Waals surface area contributed by atoms with Gasteiger partial charge in [-0.25, -0.2) is 0 Å². The average Bonchev–Trinajstić information content (AvgIpc) is 1.61. The third kappa shape index (κ3) is 1180. The molecule has 0 rings (SSSR count). The minimum absolute atomic E-state index is 0. The van der Waals surface area contributed by atoms with Gasteiger partial charge < -0.3 is 57.6 Å². The summed E-state index contributed by atoms with van der Waals surface area (Å²) in [5, 5.41) is 9.19. The second-order valence-corrected chi connectivity index (χ2v) is 1.85. The molecule has 0 radical (unpaired) electrons. The fraction of sp³-hybridized carbons (Fsp3) is 0.500. The number of carbonyl (C=O) groups is 1. The fourth-order valence-corrected chi connectivity index (χ4v) is 0. The first-order valence-corrected chi connectivity index (χ1v) is 3.26. The SMILES string of the molecule is O.O=S(=O)([O-])[O-].[NH3+]CC(=O)[O-].[Ni+2].[OH3+].[OH3+].[OH3+].[OH3+].[OH3+]. The zero-order valence-corrected chi connectivity index (χ0v) is 10.3. The molecule has 0 saturated carbocycles. The number of carboxylic acids is 1. The molecule has 0 heterocycles. The molecule has 0 bridgehead atoms. The van der Waals surface area contributed by atoms with Crippen molar-refractivity contribution in [3.05, 3.63) is 0 Å². The van der Waals surface area contributed by atoms with Crippen LogP contribution in [0.15, 0.2) is 0 Å². The summed E-state index contributed by atoms with van der Waals surface area (Å²) in [6.07, 6.45) is 0. The van der Waals surface area contributed by atoms with Gasteiger partial charge in [0.05, 0.1) is 5.97 Å². The number of hydrogen-bond donors (Lipinski definition) is 1. The van der Waals surface area contributed by atoms with Crippen LogP contribution in [0.5, 0.6) is 0 Å². The van der Waals surface area contributed by atoms with Crippen LogP contribution < -0.4 is 10.8 Å². The maximum atomic E-state index is 9.19. The zero-order chi connectivity index (χ0) is 8.78. The smallest absolute Gasteiger partial charge is 0.759 e. The van der Waals surface area contributed by atoms with E-state index in [2.05, 4.69) is 5.73 Å². The molecule has 0 aliphatic heterocycles. The summed E-state index contributed by atoms with van der Waals surface area (Å²) >= 11 is 0. The molecule has 0 fully saturated rings. The second kappa shape index (κ2) is 36.1. The average molecular weight is 343 g/mol. The Balaban J connectivity index is -0.00000000762. The molecule has 15 heteroatoms. The van der Waals surface area contributed by atoms with Gasteiger partial charge in [-0.1, -0.05) is 0 Å². The van der Waals surface area contributed by atoms with Gasteiger partial charge in [0.2, 0.25) is 0 Å². The summed E-state index contributed by atoms with van der Waals surface area (Å²) in [4.78, 5) is 9.19. The van der Waals surface area contributed by atoms with E-state index in [4.69, 9.17) is 17.5 Å². The van der Waals surface area contributed by atoms with Crippen LogP contribution in [0.3, 0.4) is 0 Å². The summed E-state index contributed by atoms with van der Waals surface area (Å²) in [7, 11) is -5.17. The van der Waals surface area contributed by atoms with E-state index < -0.39 is 16.4 Å². The third-order valence-electron chi connectivity index (χ3n) is 0.204. The Kier molecular flexibility index (Phi) is 149. The monoisotopic (exact) mass is 342 g/mol. The van der Waals surface area contributed by atoms with Gasteiger partial charge in [0.15, 0.2) is 0 Å². The van der Waals surface area contributed by atoms with Crippen LogP contribution in [0.2, 0.25) is 0 Å². The first-order valence-electron chi connectivity index (χ1n) is 1.93. The Morgan fingerprint density at radius 1 is 1.00 bits per heavy atom. The molecule has 0 aromatic carbocycles. The topological polar surface area (TPSA) is 345 Å². The largest absolute Gasteiger partial charge is 2.00 e. The minimum Gasteiger partial charge on any atom is -0.759 e. The van der Waals surface area contributed by atoms with Gasteiger partial charge in [-0.05, 0) is 0 Å². The van der Waals surface area contributed by atoms with Gasteiger partial charge in [0, 0.05) is 10.4 Å². The molecular weight excluding hydrogens is 321 g/mol. The van der Waals surface area contributed by atoms with Crippen LogP contribution >= 0.6 is 0 Å². The van der Waals surface area contributed by atoms with Crippen molar-refractivity contribution >= 4 is 16.4 Å². The molecule has 0 spiro atoms. The maximum Gasteiger partial charge on any atom is 2.00 e. The number of quaternary nitrogens is 1. The maximum absolute atomic E-state index is 9.19. The Hall–Kier alpha value is -0.446. The van der Waals surface area contributed by atoms with E-state index in [1.807, 2.05) is 0 Å². The molecule has 0 amide bonds. The van der Waals surface area contributed by atoms with Gasteiger partial charge in [-0.15, -0.1) is 0 Å². The Morgan fingerprint density at radius 3 is 1.06 bits per heavy atom. The van der Waals surface area contributed by atoms with Crippen molar-refractivity contribution in [1.29, 1.82) is 0 Å². The van der Waals surface area contributed by atoms with Crippen molar-refractivity contribution in [3.63, 3.8) is 0 Å². The molecule has 0 aromatic heterocycles. The summed E-state index contributed by atoms with van der Waals surface area (Å²) in [5.41, 5.74) is 3.02. The predicted octanol–water partition coefficient (Wildman–Crippen LogP) is -9.80. The van der Waals surface area contributed by atoms with Crippen LogP contribution in [0, 0.1) is 0 Å². The van der Waals surface area contributed by atoms with Gasteiger partial charge in [0.25, 0.3) is 0 Å². The fourth-order valence-electron chi connectivity index (χ4n) is 0. The van der Waals surface area contributed by atoms with E-state index >= 15 is 0 Å². The number of carboxylic acid groups (broad SMARTS) is 1. The van der Waals surface area contributed by atoms with Crippen molar-refractivity contribution in [2.24, 2.45) is 0 Å². The standard InChI is InChI=1S/C2H5NO2.Ni.H2O4S.6H2O/c3-1-2(4)5;;1-5(2,3)4;;;;;;/h1,3H2,(H,4,5);;(H2,1,2,3,4);6*1H2/q;+2;;;;;;;/p+3. The third-order valence-corrected chi connectivity index (χ3v) is 0.204. The Labute approximate surface area is 106 Å². The van der Waals surface area contributed by atoms with Gasteiger partial charge >= 0.3 is 16.5 Å². The number of aliphatic carboxylic acids is 1. The van der Waals surface area contributed by atoms with Crippen molar-refractivity contribution in [1.82, 2.24) is 0 Å². The van der Waals surface area contributed by atoms with E-state index in [0.29, 0.717) is 0 Å². The molecule has 0 unspecified atom stereocenters. The van der Waals surface area contributed by atoms with Gasteiger partial charge in [-0.3, -0.25) is 8.42 Å². The van der Waals surface area contributed by atoms with E-state index in [1.165, 1.54) is 0 Å². The summed E-state index contributed by atoms with van der Waals surface area (Å²) in [6.45, 7) is -0.139. The molecule has 13 nitrogen and oxygen atoms in total. The van der Waals surface area contributed by atoms with Crippen molar-refractivity contribution < 1.29 is 82.5 Å². The molecule has 118 valence electrons. The summed E-state index contributed by atoms with van der Waals surface area (Å²) in [6, 6.07) is 0. The molecule has 0 aliphatic rings. The quantitative estimate of drug-likeness (QED) is 0.208. The molecular formula is C2H22NNiO12S+5. The number of rotatable bonds is 1. The Morgan fingerprint density at radius 2 is 1.06 bits per heavy atom. The van der Waals surface area contributed by atoms with Gasteiger partial charge in [0.1, 0.15) is 6.54 Å². The van der Waals surface area contributed by atoms with Crippen molar-refractivity contribution in [3.8, 4) is 0 Å². The van der Waals surface area contributed by atoms with E-state index in [0.717, 1.165) is 0 Å². The molecule has 20 N–H and O–H groups in total. The number of hydrogen-bond acceptors (Lipinski definition) is 6. The second-order valence-electron chi connectivity index (χ2n) is 1.03. The first kappa shape index (κ1) is 70.2. The molecule has 17 heavy (non-hydrogen) atoms. The van der Waals surface area contributed by atoms with E-state index in [9.17, 15) is 9.90 Å². The van der Waals surface area contributed by atoms with Crippen molar-refractivity contribution in [2.45, 2.75) is 0 Å². The van der Waals surface area contributed by atoms with E-state index in [-0.39, 0.29) is 55.9 Å². The molecule has 0 aromatic rings. The predicted molar refractivity (Wildman–Crippen MR) is 51.2 cm³/mol. The summed E-state index contributed by atoms with van der Waals surface area (Å²) < 4.78 is 34.1. The minimum atomic E-state index is -5.17. The molecule has 0 saturated heterocycles. The molecule has 0 aliphatic carbocycles. The number of carbonyl (C=O) groups excluding carboxylic acids is 1. The summed E-state index contributed by atoms with van der Waals surface area (Å²) in [5.74, 6) is -1.11. The zero-order valence-electron chi connectivity index (χ0n) is 8.47. The van der Waals surface area contributed by atoms with Crippen LogP contribution in [-0.4, -0.2) is 35.5 Å². The van der Waals surface area contributed by atoms with Crippen LogP contribution in [-0.2, 0) is 59.1 Å². The van der Waals surface area contributed by atoms with E-state index in [1.54, 1.807) is 0 Å². The van der Waals surface area contributed by atoms with Crippen molar-refractivity contribution in [2.75, 3.05) is 6.54 Å². The first-order chi connectivity index (χ1) is 4.27. The van der Waals surface area contributed by atoms with Crippen LogP contribution in [0.25, 0.3) is 0 Å². The Bertz CT molecular complexity index is 183. The normalized spacial score (nSPS) is 5.59.